The fourth-order valence-electron chi connectivity index (χ4n) is 8.66. The van der Waals surface area contributed by atoms with Gasteiger partial charge in [-0.1, -0.05) is 44.2 Å². The normalized spacial score (nSPS) is 14.6. The Morgan fingerprint density at radius 1 is 0.560 bits per heavy atom. The average molecular weight is 1180 g/mol. The molecule has 3 rings (SSSR count). The molecular formula is C54H84N18O12. The molecule has 2 aromatic rings. The van der Waals surface area contributed by atoms with E-state index in [0.29, 0.717) is 30.6 Å². The number of carbonyl (C=O) groups is 11. The molecule has 30 heteroatoms. The maximum Gasteiger partial charge on any atom is 0.303 e. The molecule has 0 radical (unpaired) electrons. The molecule has 0 aromatic heterocycles. The van der Waals surface area contributed by atoms with Crippen LogP contribution in [0.1, 0.15) is 111 Å². The van der Waals surface area contributed by atoms with Gasteiger partial charge in [-0.15, -0.1) is 0 Å². The molecule has 22 N–H and O–H groups in total. The van der Waals surface area contributed by atoms with Gasteiger partial charge in [0, 0.05) is 45.7 Å². The quantitative estimate of drug-likeness (QED) is 0.0133. The molecule has 8 atom stereocenters. The Bertz CT molecular complexity index is 2700. The number of nitrogens with two attached hydrogens (primary N) is 7. The number of guanidine groups is 2. The SMILES string of the molecule is CC(C)C[C@H](NC(=O)[C@H](CCCN=C(N)N)NC(=O)[C@H](CCCN=C(N)N)NC(=O)[C@H](CCCCN)NC(=O)[C@H](C)N)C(=O)N[C@@H](CN1C(=O)c2ccc(N(C)C)cc2C1=O)C(=O)N[C@@H](Cc1ccccc1)C(=O)N[C@@H](CCC(=O)O)C(N)=O. The van der Waals surface area contributed by atoms with Crippen molar-refractivity contribution in [3.8, 4) is 0 Å². The van der Waals surface area contributed by atoms with Crippen LogP contribution in [0.5, 0.6) is 0 Å². The number of carbonyl (C=O) groups excluding carboxylic acids is 10. The maximum atomic E-state index is 14.8. The van der Waals surface area contributed by atoms with Crippen molar-refractivity contribution in [1.82, 2.24) is 42.1 Å². The largest absolute Gasteiger partial charge is 0.481 e. The first kappa shape index (κ1) is 69.3. The number of carboxylic acids is 1. The molecule has 10 amide bonds. The lowest BCUT2D eigenvalue weighted by Crippen LogP contribution is -2.62. The van der Waals surface area contributed by atoms with Crippen molar-refractivity contribution in [3.05, 3.63) is 65.2 Å². The first-order chi connectivity index (χ1) is 39.6. The number of aliphatic carboxylic acids is 1. The highest BCUT2D eigenvalue weighted by Crippen LogP contribution is 2.27. The predicted octanol–water partition coefficient (Wildman–Crippen LogP) is -4.04. The summed E-state index contributed by atoms with van der Waals surface area (Å²) in [5.74, 6) is -11.1. The van der Waals surface area contributed by atoms with Crippen LogP contribution in [0.4, 0.5) is 5.69 Å². The zero-order chi connectivity index (χ0) is 62.8. The van der Waals surface area contributed by atoms with E-state index in [0.717, 1.165) is 4.90 Å². The van der Waals surface area contributed by atoms with Crippen LogP contribution in [-0.2, 0) is 49.6 Å². The van der Waals surface area contributed by atoms with E-state index in [1.807, 2.05) is 0 Å². The molecule has 2 aromatic carbocycles. The van der Waals surface area contributed by atoms with E-state index >= 15 is 0 Å². The lowest BCUT2D eigenvalue weighted by Gasteiger charge is -2.29. The number of nitrogens with zero attached hydrogens (tertiary/aromatic N) is 4. The van der Waals surface area contributed by atoms with Gasteiger partial charge in [0.1, 0.15) is 42.3 Å². The van der Waals surface area contributed by atoms with Crippen molar-refractivity contribution in [2.75, 3.05) is 45.2 Å². The second-order valence-corrected chi connectivity index (χ2v) is 20.9. The number of unbranched alkanes of at least 4 members (excludes halogenated alkanes) is 1. The molecule has 30 nitrogen and oxygen atoms in total. The fraction of sp³-hybridized carbons (Fsp3) is 0.537. The van der Waals surface area contributed by atoms with Gasteiger partial charge in [0.15, 0.2) is 11.9 Å². The number of hydrogen-bond acceptors (Lipinski definition) is 16. The summed E-state index contributed by atoms with van der Waals surface area (Å²) in [6.45, 7) is 4.39. The smallest absolute Gasteiger partial charge is 0.303 e. The lowest BCUT2D eigenvalue weighted by atomic mass is 10.0. The number of benzene rings is 2. The van der Waals surface area contributed by atoms with Gasteiger partial charge in [-0.3, -0.25) is 67.6 Å². The second-order valence-electron chi connectivity index (χ2n) is 20.9. The number of fused-ring (bicyclic) bond motifs is 1. The Labute approximate surface area is 487 Å². The number of carboxylic acid groups (broad SMARTS) is 1. The standard InChI is InChI=1S/C54H84N18O12/c1-29(2)25-39(68-47(79)38(17-12-24-63-54(60)61)67-46(78)37(16-11-23-62-53(58)59)66-45(77)36(15-9-10-22-55)65-44(76)30(3)56)48(80)70-41(28-72-51(83)33-19-18-32(71(4)5)27-34(33)52(72)84)50(82)69-40(26-31-13-7-6-8-14-31)49(81)64-35(43(57)75)20-21-42(73)74/h6-8,13-14,18-19,27,29-30,35-41H,9-12,15-17,20-26,28,55-56H2,1-5H3,(H2,57,75)(H,64,81)(H,65,76)(H,66,77)(H,67,78)(H,68,79)(H,69,82)(H,70,80)(H,73,74)(H4,58,59,62)(H4,60,61,63)/t30-,35-,36-,37-,38-,39-,40-,41-/m0/s1. The summed E-state index contributed by atoms with van der Waals surface area (Å²) in [4.78, 5) is 162. The first-order valence-corrected chi connectivity index (χ1v) is 27.5. The van der Waals surface area contributed by atoms with Crippen molar-refractivity contribution < 1.29 is 57.8 Å². The number of nitrogens with one attached hydrogen (secondary N) is 7. The maximum absolute atomic E-state index is 14.8. The summed E-state index contributed by atoms with van der Waals surface area (Å²) in [5, 5.41) is 27.5. The van der Waals surface area contributed by atoms with Gasteiger partial charge in [0.25, 0.3) is 11.8 Å². The summed E-state index contributed by atoms with van der Waals surface area (Å²) in [6, 6.07) is 1.43. The summed E-state index contributed by atoms with van der Waals surface area (Å²) in [6.07, 6.45) is -0.220. The molecule has 462 valence electrons. The van der Waals surface area contributed by atoms with E-state index in [4.69, 9.17) is 40.1 Å². The van der Waals surface area contributed by atoms with Gasteiger partial charge in [0.05, 0.1) is 23.7 Å². The highest BCUT2D eigenvalue weighted by atomic mass is 16.4. The third-order valence-corrected chi connectivity index (χ3v) is 13.2. The van der Waals surface area contributed by atoms with Crippen molar-refractivity contribution in [3.63, 3.8) is 0 Å². The zero-order valence-electron chi connectivity index (χ0n) is 48.2. The fourth-order valence-corrected chi connectivity index (χ4v) is 8.66. The van der Waals surface area contributed by atoms with Crippen LogP contribution in [0.15, 0.2) is 58.5 Å². The second kappa shape index (κ2) is 34.5. The molecule has 0 saturated heterocycles. The van der Waals surface area contributed by atoms with Crippen molar-refractivity contribution in [2.45, 2.75) is 140 Å². The number of hydrogen-bond donors (Lipinski definition) is 15. The molecule has 84 heavy (non-hydrogen) atoms. The number of amides is 10. The monoisotopic (exact) mass is 1180 g/mol. The van der Waals surface area contributed by atoms with E-state index in [1.165, 1.54) is 19.1 Å². The highest BCUT2D eigenvalue weighted by Gasteiger charge is 2.41. The Morgan fingerprint density at radius 2 is 1.01 bits per heavy atom. The van der Waals surface area contributed by atoms with Crippen LogP contribution in [0, 0.1) is 5.92 Å². The van der Waals surface area contributed by atoms with E-state index in [2.05, 4.69) is 47.2 Å². The zero-order valence-corrected chi connectivity index (χ0v) is 48.2. The van der Waals surface area contributed by atoms with Crippen molar-refractivity contribution in [2.24, 2.45) is 56.0 Å². The Balaban J connectivity index is 2.11. The van der Waals surface area contributed by atoms with E-state index in [9.17, 15) is 57.8 Å². The number of aliphatic imine (C=N–C) groups is 2. The van der Waals surface area contributed by atoms with Crippen LogP contribution in [0.2, 0.25) is 0 Å². The average Bonchev–Trinajstić information content (AvgIpc) is 2.62. The van der Waals surface area contributed by atoms with E-state index in [1.54, 1.807) is 69.2 Å². The summed E-state index contributed by atoms with van der Waals surface area (Å²) >= 11 is 0. The Hall–Kier alpha value is -8.93. The number of rotatable bonds is 37. The minimum atomic E-state index is -1.86. The number of imide groups is 1. The van der Waals surface area contributed by atoms with Crippen LogP contribution in [0.3, 0.4) is 0 Å². The van der Waals surface area contributed by atoms with Crippen LogP contribution in [0.25, 0.3) is 0 Å². The van der Waals surface area contributed by atoms with Crippen LogP contribution < -0.4 is 82.3 Å². The minimum absolute atomic E-state index is 0.0000359. The van der Waals surface area contributed by atoms with Crippen LogP contribution in [-0.4, -0.2) is 176 Å². The third kappa shape index (κ3) is 23.1. The molecule has 0 unspecified atom stereocenters. The van der Waals surface area contributed by atoms with E-state index in [-0.39, 0.29) is 87.0 Å². The molecular weight excluding hydrogens is 1090 g/mol. The summed E-state index contributed by atoms with van der Waals surface area (Å²) < 4.78 is 0. The molecule has 0 saturated carbocycles. The summed E-state index contributed by atoms with van der Waals surface area (Å²) in [7, 11) is 3.44. The van der Waals surface area contributed by atoms with Gasteiger partial charge in [0.2, 0.25) is 47.3 Å². The predicted molar refractivity (Wildman–Crippen MR) is 312 cm³/mol. The van der Waals surface area contributed by atoms with E-state index < -0.39 is 133 Å². The van der Waals surface area contributed by atoms with Crippen molar-refractivity contribution in [1.29, 1.82) is 0 Å². The molecule has 1 aliphatic heterocycles. The topological polar surface area (TPSA) is 506 Å². The number of primary amides is 1. The summed E-state index contributed by atoms with van der Waals surface area (Å²) in [5.41, 5.74) is 40.3. The lowest BCUT2D eigenvalue weighted by molar-refractivity contribution is -0.138. The molecule has 1 heterocycles. The Morgan fingerprint density at radius 3 is 1.50 bits per heavy atom. The highest BCUT2D eigenvalue weighted by molar-refractivity contribution is 6.22. The molecule has 0 fully saturated rings. The van der Waals surface area contributed by atoms with Crippen molar-refractivity contribution >= 4 is 82.6 Å². The van der Waals surface area contributed by atoms with Gasteiger partial charge in [-0.05, 0) is 101 Å². The van der Waals surface area contributed by atoms with Crippen LogP contribution >= 0.6 is 0 Å². The molecule has 0 bridgehead atoms. The first-order valence-electron chi connectivity index (χ1n) is 27.5. The molecule has 0 spiro atoms. The molecule has 1 aliphatic rings. The number of anilines is 1. The Kier molecular flexibility index (Phi) is 28.5. The van der Waals surface area contributed by atoms with Gasteiger partial charge in [-0.25, -0.2) is 0 Å². The minimum Gasteiger partial charge on any atom is -0.481 e. The van der Waals surface area contributed by atoms with Gasteiger partial charge >= 0.3 is 5.97 Å². The van der Waals surface area contributed by atoms with Gasteiger partial charge in [-0.2, -0.15) is 0 Å². The van der Waals surface area contributed by atoms with Gasteiger partial charge < -0.3 is 87.4 Å². The third-order valence-electron chi connectivity index (χ3n) is 13.2. The molecule has 0 aliphatic carbocycles.